The van der Waals surface area contributed by atoms with Gasteiger partial charge in [-0.15, -0.1) is 0 Å². The van der Waals surface area contributed by atoms with Gasteiger partial charge >= 0.3 is 0 Å². The van der Waals surface area contributed by atoms with E-state index in [1.54, 1.807) is 18.3 Å². The molecule has 0 aliphatic rings. The van der Waals surface area contributed by atoms with Crippen LogP contribution in [0.15, 0.2) is 66.9 Å². The lowest BCUT2D eigenvalue weighted by molar-refractivity contribution is 0.627. The van der Waals surface area contributed by atoms with Crippen LogP contribution in [0.2, 0.25) is 0 Å². The summed E-state index contributed by atoms with van der Waals surface area (Å²) < 4.78 is 12.9. The summed E-state index contributed by atoms with van der Waals surface area (Å²) >= 11 is 0. The predicted octanol–water partition coefficient (Wildman–Crippen LogP) is 4.43. The van der Waals surface area contributed by atoms with Crippen LogP contribution in [0, 0.1) is 5.82 Å². The van der Waals surface area contributed by atoms with E-state index in [1.807, 2.05) is 24.3 Å². The molecule has 0 radical (unpaired) electrons. The van der Waals surface area contributed by atoms with E-state index in [1.165, 1.54) is 12.1 Å². The Hall–Kier alpha value is -2.95. The van der Waals surface area contributed by atoms with Gasteiger partial charge in [-0.1, -0.05) is 30.3 Å². The van der Waals surface area contributed by atoms with Crippen LogP contribution < -0.4 is 10.2 Å². The van der Waals surface area contributed by atoms with Gasteiger partial charge in [-0.3, -0.25) is 0 Å². The van der Waals surface area contributed by atoms with Gasteiger partial charge in [0, 0.05) is 25.0 Å². The molecule has 0 bridgehead atoms. The fraction of sp³-hybridized carbons (Fsp3) is 0.200. The summed E-state index contributed by atoms with van der Waals surface area (Å²) in [4.78, 5) is 11.0. The summed E-state index contributed by atoms with van der Waals surface area (Å²) in [5.41, 5.74) is 2.17. The van der Waals surface area contributed by atoms with E-state index in [2.05, 4.69) is 39.2 Å². The number of halogens is 1. The first kappa shape index (κ1) is 16.9. The molecule has 2 aromatic carbocycles. The van der Waals surface area contributed by atoms with E-state index < -0.39 is 0 Å². The molecule has 0 saturated carbocycles. The minimum absolute atomic E-state index is 0.215. The molecule has 0 aliphatic heterocycles. The van der Waals surface area contributed by atoms with Crippen LogP contribution in [0.1, 0.15) is 12.5 Å². The highest BCUT2D eigenvalue weighted by atomic mass is 19.1. The number of hydrogen-bond donors (Lipinski definition) is 1. The van der Waals surface area contributed by atoms with Crippen LogP contribution in [0.5, 0.6) is 0 Å². The standard InChI is InChI=1S/C20H21FN4/c1-2-25(18-6-4-3-5-7-18)19-13-15-23-20(24-19)22-14-12-16-8-10-17(21)11-9-16/h3-11,13,15H,2,12,14H2,1H3,(H,22,23,24). The summed E-state index contributed by atoms with van der Waals surface area (Å²) in [6.07, 6.45) is 2.54. The van der Waals surface area contributed by atoms with Gasteiger partial charge in [-0.2, -0.15) is 4.98 Å². The normalized spacial score (nSPS) is 10.5. The van der Waals surface area contributed by atoms with Crippen molar-refractivity contribution >= 4 is 17.5 Å². The molecule has 5 heteroatoms. The van der Waals surface area contributed by atoms with Gasteiger partial charge in [0.2, 0.25) is 5.95 Å². The zero-order valence-electron chi connectivity index (χ0n) is 14.2. The van der Waals surface area contributed by atoms with Crippen LogP contribution in [-0.4, -0.2) is 23.1 Å². The quantitative estimate of drug-likeness (QED) is 0.693. The third kappa shape index (κ3) is 4.53. The van der Waals surface area contributed by atoms with E-state index in [-0.39, 0.29) is 5.82 Å². The molecule has 0 saturated heterocycles. The van der Waals surface area contributed by atoms with Crippen LogP contribution in [0.25, 0.3) is 0 Å². The second-order valence-corrected chi connectivity index (χ2v) is 5.62. The molecule has 0 spiro atoms. The Morgan fingerprint density at radius 3 is 2.48 bits per heavy atom. The Morgan fingerprint density at radius 1 is 1.00 bits per heavy atom. The lowest BCUT2D eigenvalue weighted by Crippen LogP contribution is -2.18. The highest BCUT2D eigenvalue weighted by Crippen LogP contribution is 2.23. The molecule has 25 heavy (non-hydrogen) atoms. The lowest BCUT2D eigenvalue weighted by atomic mass is 10.1. The molecule has 3 aromatic rings. The Morgan fingerprint density at radius 2 is 1.76 bits per heavy atom. The number of rotatable bonds is 7. The molecule has 1 aromatic heterocycles. The number of benzene rings is 2. The molecule has 3 rings (SSSR count). The first-order valence-electron chi connectivity index (χ1n) is 8.40. The van der Waals surface area contributed by atoms with E-state index in [4.69, 9.17) is 0 Å². The Kier molecular flexibility index (Phi) is 5.57. The van der Waals surface area contributed by atoms with Gasteiger partial charge in [-0.05, 0) is 49.2 Å². The lowest BCUT2D eigenvalue weighted by Gasteiger charge is -2.22. The molecule has 1 heterocycles. The van der Waals surface area contributed by atoms with Gasteiger partial charge in [0.1, 0.15) is 11.6 Å². The van der Waals surface area contributed by atoms with Crippen molar-refractivity contribution in [1.29, 1.82) is 0 Å². The number of hydrogen-bond acceptors (Lipinski definition) is 4. The van der Waals surface area contributed by atoms with Crippen molar-refractivity contribution in [3.8, 4) is 0 Å². The van der Waals surface area contributed by atoms with Crippen molar-refractivity contribution in [3.63, 3.8) is 0 Å². The maximum atomic E-state index is 12.9. The molecule has 0 amide bonds. The monoisotopic (exact) mass is 336 g/mol. The topological polar surface area (TPSA) is 41.1 Å². The summed E-state index contributed by atoms with van der Waals surface area (Å²) in [5, 5.41) is 3.24. The Bertz CT molecular complexity index is 790. The molecular formula is C20H21FN4. The molecule has 1 N–H and O–H groups in total. The molecule has 4 nitrogen and oxygen atoms in total. The van der Waals surface area contributed by atoms with Crippen molar-refractivity contribution in [2.75, 3.05) is 23.3 Å². The van der Waals surface area contributed by atoms with E-state index in [0.29, 0.717) is 12.5 Å². The van der Waals surface area contributed by atoms with Crippen molar-refractivity contribution in [1.82, 2.24) is 9.97 Å². The SMILES string of the molecule is CCN(c1ccccc1)c1ccnc(NCCc2ccc(F)cc2)n1. The number of para-hydroxylation sites is 1. The number of anilines is 3. The largest absolute Gasteiger partial charge is 0.354 e. The third-order valence-corrected chi connectivity index (χ3v) is 3.91. The molecule has 0 fully saturated rings. The fourth-order valence-corrected chi connectivity index (χ4v) is 2.64. The zero-order chi connectivity index (χ0) is 17.5. The van der Waals surface area contributed by atoms with Gasteiger partial charge in [0.25, 0.3) is 0 Å². The maximum absolute atomic E-state index is 12.9. The van der Waals surface area contributed by atoms with Gasteiger partial charge in [0.15, 0.2) is 0 Å². The summed E-state index contributed by atoms with van der Waals surface area (Å²) in [6.45, 7) is 3.60. The van der Waals surface area contributed by atoms with Crippen molar-refractivity contribution in [3.05, 3.63) is 78.2 Å². The molecular weight excluding hydrogens is 315 g/mol. The maximum Gasteiger partial charge on any atom is 0.224 e. The minimum atomic E-state index is -0.215. The van der Waals surface area contributed by atoms with Crippen LogP contribution in [-0.2, 0) is 6.42 Å². The van der Waals surface area contributed by atoms with E-state index in [9.17, 15) is 4.39 Å². The summed E-state index contributed by atoms with van der Waals surface area (Å²) in [7, 11) is 0. The highest BCUT2D eigenvalue weighted by molar-refractivity contribution is 5.60. The Labute approximate surface area is 147 Å². The number of nitrogens with zero attached hydrogens (tertiary/aromatic N) is 3. The van der Waals surface area contributed by atoms with Gasteiger partial charge < -0.3 is 10.2 Å². The zero-order valence-corrected chi connectivity index (χ0v) is 14.2. The predicted molar refractivity (Wildman–Crippen MR) is 99.7 cm³/mol. The van der Waals surface area contributed by atoms with Crippen LogP contribution in [0.4, 0.5) is 21.8 Å². The van der Waals surface area contributed by atoms with Crippen LogP contribution in [0.3, 0.4) is 0 Å². The van der Waals surface area contributed by atoms with Crippen molar-refractivity contribution in [2.24, 2.45) is 0 Å². The molecule has 0 atom stereocenters. The molecule has 0 unspecified atom stereocenters. The fourth-order valence-electron chi connectivity index (χ4n) is 2.64. The summed E-state index contributed by atoms with van der Waals surface area (Å²) in [6, 6.07) is 18.6. The first-order valence-corrected chi connectivity index (χ1v) is 8.40. The van der Waals surface area contributed by atoms with Crippen molar-refractivity contribution < 1.29 is 4.39 Å². The average Bonchev–Trinajstić information content (AvgIpc) is 2.65. The van der Waals surface area contributed by atoms with Crippen molar-refractivity contribution in [2.45, 2.75) is 13.3 Å². The summed E-state index contributed by atoms with van der Waals surface area (Å²) in [5.74, 6) is 1.23. The van der Waals surface area contributed by atoms with E-state index in [0.717, 1.165) is 30.0 Å². The average molecular weight is 336 g/mol. The van der Waals surface area contributed by atoms with Gasteiger partial charge in [0.05, 0.1) is 0 Å². The van der Waals surface area contributed by atoms with Gasteiger partial charge in [-0.25, -0.2) is 9.37 Å². The smallest absolute Gasteiger partial charge is 0.224 e. The Balaban J connectivity index is 1.65. The van der Waals surface area contributed by atoms with E-state index >= 15 is 0 Å². The number of aromatic nitrogens is 2. The first-order chi connectivity index (χ1) is 12.3. The minimum Gasteiger partial charge on any atom is -0.354 e. The molecule has 0 aliphatic carbocycles. The third-order valence-electron chi connectivity index (χ3n) is 3.91. The highest BCUT2D eigenvalue weighted by Gasteiger charge is 2.09. The molecule has 128 valence electrons. The second-order valence-electron chi connectivity index (χ2n) is 5.62. The second kappa shape index (κ2) is 8.24. The van der Waals surface area contributed by atoms with Crippen LogP contribution >= 0.6 is 0 Å². The number of nitrogens with one attached hydrogen (secondary N) is 1.